The van der Waals surface area contributed by atoms with E-state index in [0.29, 0.717) is 11.8 Å². The smallest absolute Gasteiger partial charge is 0.219 e. The zero-order chi connectivity index (χ0) is 20.0. The number of hydrogen-bond acceptors (Lipinski definition) is 3. The minimum Gasteiger partial charge on any atom is -0.335 e. The molecule has 2 aliphatic heterocycles. The van der Waals surface area contributed by atoms with Crippen LogP contribution in [0.4, 0.5) is 4.39 Å². The van der Waals surface area contributed by atoms with Crippen LogP contribution in [0.25, 0.3) is 11.0 Å². The summed E-state index contributed by atoms with van der Waals surface area (Å²) in [6, 6.07) is 14.9. The predicted molar refractivity (Wildman–Crippen MR) is 110 cm³/mol. The molecular formula is C23H25FN4O. The van der Waals surface area contributed by atoms with Gasteiger partial charge in [0.2, 0.25) is 5.91 Å². The van der Waals surface area contributed by atoms with Crippen LogP contribution in [0.1, 0.15) is 18.5 Å². The van der Waals surface area contributed by atoms with Gasteiger partial charge in [-0.2, -0.15) is 0 Å². The van der Waals surface area contributed by atoms with E-state index in [2.05, 4.69) is 20.5 Å². The van der Waals surface area contributed by atoms with Crippen LogP contribution < -0.4 is 0 Å². The van der Waals surface area contributed by atoms with E-state index in [1.807, 2.05) is 35.5 Å². The van der Waals surface area contributed by atoms with Gasteiger partial charge in [-0.3, -0.25) is 4.79 Å². The molecule has 1 amide bonds. The molecule has 0 spiro atoms. The van der Waals surface area contributed by atoms with Crippen molar-refractivity contribution in [1.29, 1.82) is 0 Å². The average molecular weight is 392 g/mol. The van der Waals surface area contributed by atoms with Gasteiger partial charge >= 0.3 is 0 Å². The fourth-order valence-electron chi connectivity index (χ4n) is 5.20. The maximum Gasteiger partial charge on any atom is 0.219 e. The Morgan fingerprint density at radius 2 is 1.97 bits per heavy atom. The molecule has 29 heavy (non-hydrogen) atoms. The Bertz CT molecular complexity index is 1050. The van der Waals surface area contributed by atoms with Gasteiger partial charge in [-0.1, -0.05) is 24.3 Å². The van der Waals surface area contributed by atoms with Crippen molar-refractivity contribution in [2.24, 2.45) is 11.8 Å². The third-order valence-corrected chi connectivity index (χ3v) is 6.52. The molecule has 0 bridgehead atoms. The zero-order valence-corrected chi connectivity index (χ0v) is 16.5. The molecule has 0 aliphatic carbocycles. The molecule has 5 rings (SSSR count). The Morgan fingerprint density at radius 1 is 1.10 bits per heavy atom. The number of carbonyl (C=O) groups is 1. The van der Waals surface area contributed by atoms with Gasteiger partial charge in [0, 0.05) is 45.6 Å². The molecule has 1 aromatic heterocycles. The average Bonchev–Trinajstić information content (AvgIpc) is 3.38. The number of halogens is 1. The molecule has 0 saturated carbocycles. The number of hydrogen-bond donors (Lipinski definition) is 0. The van der Waals surface area contributed by atoms with Crippen LogP contribution in [0.3, 0.4) is 0 Å². The van der Waals surface area contributed by atoms with Gasteiger partial charge in [-0.25, -0.2) is 9.37 Å². The maximum atomic E-state index is 13.9. The first-order chi connectivity index (χ1) is 14.1. The summed E-state index contributed by atoms with van der Waals surface area (Å²) in [5, 5.41) is 0. The van der Waals surface area contributed by atoms with E-state index in [9.17, 15) is 9.18 Å². The molecule has 2 saturated heterocycles. The standard InChI is InChI=1S/C23H25FN4O/c1-16(29)28-13-18-12-26(9-10-27-15-25-21-7-2-3-8-22(21)27)14-20(18)23(28)17-5-4-6-19(24)11-17/h2-8,11,15,18,20,23H,9-10,12-14H2,1H3/t18-,20-,23+/m1/s1. The molecule has 0 radical (unpaired) electrons. The lowest BCUT2D eigenvalue weighted by Crippen LogP contribution is -2.35. The first-order valence-electron chi connectivity index (χ1n) is 10.2. The van der Waals surface area contributed by atoms with Gasteiger partial charge in [0.15, 0.2) is 0 Å². The van der Waals surface area contributed by atoms with E-state index in [4.69, 9.17) is 0 Å². The normalized spacial score (nSPS) is 24.3. The van der Waals surface area contributed by atoms with Gasteiger partial charge in [0.05, 0.1) is 23.4 Å². The summed E-state index contributed by atoms with van der Waals surface area (Å²) in [7, 11) is 0. The molecule has 2 aliphatic rings. The number of para-hydroxylation sites is 2. The predicted octanol–water partition coefficient (Wildman–Crippen LogP) is 3.33. The molecular weight excluding hydrogens is 367 g/mol. The Hall–Kier alpha value is -2.73. The molecule has 3 aromatic rings. The second kappa shape index (κ2) is 7.26. The molecule has 2 fully saturated rings. The Labute approximate surface area is 169 Å². The molecule has 3 heterocycles. The van der Waals surface area contributed by atoms with Crippen LogP contribution in [0.5, 0.6) is 0 Å². The first-order valence-corrected chi connectivity index (χ1v) is 10.2. The molecule has 6 heteroatoms. The molecule has 3 atom stereocenters. The number of carbonyl (C=O) groups excluding carboxylic acids is 1. The highest BCUT2D eigenvalue weighted by Crippen LogP contribution is 2.45. The van der Waals surface area contributed by atoms with Crippen molar-refractivity contribution in [2.45, 2.75) is 19.5 Å². The van der Waals surface area contributed by atoms with Gasteiger partial charge < -0.3 is 14.4 Å². The topological polar surface area (TPSA) is 41.4 Å². The molecule has 0 unspecified atom stereocenters. The van der Waals surface area contributed by atoms with Gasteiger partial charge in [-0.05, 0) is 35.7 Å². The van der Waals surface area contributed by atoms with E-state index in [0.717, 1.165) is 49.3 Å². The summed E-state index contributed by atoms with van der Waals surface area (Å²) in [5.41, 5.74) is 3.09. The Kier molecular flexibility index (Phi) is 4.59. The van der Waals surface area contributed by atoms with Crippen LogP contribution >= 0.6 is 0 Å². The monoisotopic (exact) mass is 392 g/mol. The first kappa shape index (κ1) is 18.3. The van der Waals surface area contributed by atoms with Gasteiger partial charge in [0.1, 0.15) is 5.82 Å². The lowest BCUT2D eigenvalue weighted by atomic mass is 9.89. The number of imidazole rings is 1. The minimum absolute atomic E-state index is 0.0349. The summed E-state index contributed by atoms with van der Waals surface area (Å²) in [6.45, 7) is 6.13. The largest absolute Gasteiger partial charge is 0.335 e. The Balaban J connectivity index is 1.32. The molecule has 2 aromatic carbocycles. The number of aromatic nitrogens is 2. The highest BCUT2D eigenvalue weighted by molar-refractivity contribution is 5.75. The summed E-state index contributed by atoms with van der Waals surface area (Å²) >= 11 is 0. The highest BCUT2D eigenvalue weighted by Gasteiger charge is 2.48. The van der Waals surface area contributed by atoms with Crippen molar-refractivity contribution >= 4 is 16.9 Å². The summed E-state index contributed by atoms with van der Waals surface area (Å²) in [4.78, 5) is 21.1. The van der Waals surface area contributed by atoms with E-state index in [1.165, 1.54) is 6.07 Å². The van der Waals surface area contributed by atoms with Crippen LogP contribution in [0.2, 0.25) is 0 Å². The number of fused-ring (bicyclic) bond motifs is 2. The fraction of sp³-hybridized carbons (Fsp3) is 0.391. The van der Waals surface area contributed by atoms with Crippen molar-refractivity contribution in [1.82, 2.24) is 19.4 Å². The van der Waals surface area contributed by atoms with Gasteiger partial charge in [0.25, 0.3) is 0 Å². The van der Waals surface area contributed by atoms with Crippen LogP contribution in [0, 0.1) is 17.7 Å². The third-order valence-electron chi connectivity index (χ3n) is 6.52. The van der Waals surface area contributed by atoms with Crippen molar-refractivity contribution in [3.8, 4) is 0 Å². The fourth-order valence-corrected chi connectivity index (χ4v) is 5.20. The summed E-state index contributed by atoms with van der Waals surface area (Å²) in [6.07, 6.45) is 1.91. The van der Waals surface area contributed by atoms with E-state index in [1.54, 1.807) is 19.1 Å². The van der Waals surface area contributed by atoms with Crippen molar-refractivity contribution in [2.75, 3.05) is 26.2 Å². The lowest BCUT2D eigenvalue weighted by molar-refractivity contribution is -0.130. The van der Waals surface area contributed by atoms with Gasteiger partial charge in [-0.15, -0.1) is 0 Å². The number of amides is 1. The van der Waals surface area contributed by atoms with E-state index in [-0.39, 0.29) is 17.8 Å². The quantitative estimate of drug-likeness (QED) is 0.684. The van der Waals surface area contributed by atoms with Crippen molar-refractivity contribution < 1.29 is 9.18 Å². The van der Waals surface area contributed by atoms with Crippen molar-refractivity contribution in [3.63, 3.8) is 0 Å². The molecule has 150 valence electrons. The molecule has 5 nitrogen and oxygen atoms in total. The van der Waals surface area contributed by atoms with Crippen LogP contribution in [-0.2, 0) is 11.3 Å². The zero-order valence-electron chi connectivity index (χ0n) is 16.5. The number of nitrogens with zero attached hydrogens (tertiary/aromatic N) is 4. The Morgan fingerprint density at radius 3 is 2.79 bits per heavy atom. The second-order valence-electron chi connectivity index (χ2n) is 8.28. The van der Waals surface area contributed by atoms with Crippen LogP contribution in [-0.4, -0.2) is 51.4 Å². The summed E-state index contributed by atoms with van der Waals surface area (Å²) in [5.74, 6) is 0.619. The van der Waals surface area contributed by atoms with Crippen molar-refractivity contribution in [3.05, 3.63) is 66.2 Å². The molecule has 0 N–H and O–H groups in total. The van der Waals surface area contributed by atoms with E-state index >= 15 is 0 Å². The number of likely N-dealkylation sites (tertiary alicyclic amines) is 2. The second-order valence-corrected chi connectivity index (χ2v) is 8.28. The maximum absolute atomic E-state index is 13.9. The van der Waals surface area contributed by atoms with E-state index < -0.39 is 0 Å². The number of rotatable bonds is 4. The lowest BCUT2D eigenvalue weighted by Gasteiger charge is -2.29. The SMILES string of the molecule is CC(=O)N1C[C@H]2CN(CCn3cnc4ccccc43)C[C@H]2[C@@H]1c1cccc(F)c1. The third kappa shape index (κ3) is 3.31. The number of benzene rings is 2. The minimum atomic E-state index is -0.240. The van der Waals surface area contributed by atoms with Crippen LogP contribution in [0.15, 0.2) is 54.9 Å². The highest BCUT2D eigenvalue weighted by atomic mass is 19.1. The summed E-state index contributed by atoms with van der Waals surface area (Å²) < 4.78 is 16.1.